The van der Waals surface area contributed by atoms with Crippen LogP contribution in [-0.4, -0.2) is 37.0 Å². The Bertz CT molecular complexity index is 1070. The van der Waals surface area contributed by atoms with E-state index < -0.39 is 17.5 Å². The van der Waals surface area contributed by atoms with Crippen molar-refractivity contribution in [1.29, 1.82) is 0 Å². The van der Waals surface area contributed by atoms with Gasteiger partial charge in [0, 0.05) is 6.07 Å². The number of ether oxygens (including phenoxy) is 2. The van der Waals surface area contributed by atoms with Crippen LogP contribution in [0, 0.1) is 6.92 Å². The fourth-order valence-corrected chi connectivity index (χ4v) is 2.66. The van der Waals surface area contributed by atoms with Crippen LogP contribution in [0.15, 0.2) is 57.7 Å². The van der Waals surface area contributed by atoms with Gasteiger partial charge < -0.3 is 23.9 Å². The molecule has 0 aliphatic rings. The van der Waals surface area contributed by atoms with Crippen LogP contribution in [0.2, 0.25) is 0 Å². The van der Waals surface area contributed by atoms with Gasteiger partial charge in [-0.3, -0.25) is 4.79 Å². The number of benzene rings is 2. The van der Waals surface area contributed by atoms with Crippen molar-refractivity contribution >= 4 is 16.9 Å². The van der Waals surface area contributed by atoms with Gasteiger partial charge in [0.2, 0.25) is 5.76 Å². The number of rotatable bonds is 9. The number of hydrogen-bond acceptors (Lipinski definition) is 8. The van der Waals surface area contributed by atoms with E-state index in [9.17, 15) is 14.7 Å². The number of fused-ring (bicyclic) bond motifs is 1. The summed E-state index contributed by atoms with van der Waals surface area (Å²) < 4.78 is 15.9. The first-order valence-electron chi connectivity index (χ1n) is 9.39. The van der Waals surface area contributed by atoms with Crippen LogP contribution < -0.4 is 15.1 Å². The monoisotopic (exact) mass is 414 g/mol. The second-order valence-electron chi connectivity index (χ2n) is 6.42. The highest BCUT2D eigenvalue weighted by Crippen LogP contribution is 2.24. The molecule has 0 saturated carbocycles. The lowest BCUT2D eigenvalue weighted by molar-refractivity contribution is -0.225. The molecule has 0 aliphatic carbocycles. The van der Waals surface area contributed by atoms with E-state index >= 15 is 0 Å². The summed E-state index contributed by atoms with van der Waals surface area (Å²) in [5.41, 5.74) is 0.619. The standard InChI is InChI=1S/C22H22O8/c1-3-26-22(25)20-11-16(24)21-18(9-6-10-19(21)29-20)27-12-15(23)13-28-30-17-8-5-4-7-14(17)2/h4-11,15,23H,3,12-13H2,1-2H3. The normalized spacial score (nSPS) is 11.8. The molecule has 3 rings (SSSR count). The van der Waals surface area contributed by atoms with Gasteiger partial charge in [-0.15, -0.1) is 0 Å². The molecule has 3 aromatic rings. The van der Waals surface area contributed by atoms with Gasteiger partial charge in [-0.05, 0) is 37.6 Å². The number of carbonyl (C=O) groups is 1. The molecule has 30 heavy (non-hydrogen) atoms. The van der Waals surface area contributed by atoms with E-state index in [0.29, 0.717) is 5.75 Å². The zero-order valence-corrected chi connectivity index (χ0v) is 16.6. The average molecular weight is 414 g/mol. The second kappa shape index (κ2) is 9.91. The van der Waals surface area contributed by atoms with Gasteiger partial charge in [-0.2, -0.15) is 4.89 Å². The smallest absolute Gasteiger partial charge is 0.374 e. The molecule has 0 bridgehead atoms. The summed E-state index contributed by atoms with van der Waals surface area (Å²) >= 11 is 0. The van der Waals surface area contributed by atoms with Crippen LogP contribution in [0.3, 0.4) is 0 Å². The van der Waals surface area contributed by atoms with Gasteiger partial charge in [0.25, 0.3) is 0 Å². The topological polar surface area (TPSA) is 104 Å². The molecular formula is C22H22O8. The third-order valence-electron chi connectivity index (χ3n) is 4.13. The Hall–Kier alpha value is -3.36. The first-order valence-corrected chi connectivity index (χ1v) is 9.39. The first-order chi connectivity index (χ1) is 14.5. The molecule has 0 radical (unpaired) electrons. The summed E-state index contributed by atoms with van der Waals surface area (Å²) in [5, 5.41) is 10.2. The summed E-state index contributed by atoms with van der Waals surface area (Å²) in [4.78, 5) is 34.5. The van der Waals surface area contributed by atoms with E-state index in [0.717, 1.165) is 11.6 Å². The molecule has 0 spiro atoms. The average Bonchev–Trinajstić information content (AvgIpc) is 2.73. The molecule has 8 heteroatoms. The summed E-state index contributed by atoms with van der Waals surface area (Å²) in [7, 11) is 0. The van der Waals surface area contributed by atoms with Crippen LogP contribution in [-0.2, 0) is 9.62 Å². The van der Waals surface area contributed by atoms with Gasteiger partial charge >= 0.3 is 5.97 Å². The van der Waals surface area contributed by atoms with E-state index in [1.54, 1.807) is 31.2 Å². The van der Waals surface area contributed by atoms with Gasteiger partial charge in [-0.1, -0.05) is 24.3 Å². The number of aliphatic hydroxyl groups excluding tert-OH is 1. The minimum absolute atomic E-state index is 0.138. The Balaban J connectivity index is 1.63. The van der Waals surface area contributed by atoms with E-state index in [2.05, 4.69) is 0 Å². The number of carbonyl (C=O) groups excluding carboxylic acids is 1. The fourth-order valence-electron chi connectivity index (χ4n) is 2.66. The number of hydrogen-bond donors (Lipinski definition) is 1. The first kappa shape index (κ1) is 21.4. The summed E-state index contributed by atoms with van der Waals surface area (Å²) in [6.07, 6.45) is -1.00. The molecule has 8 nitrogen and oxygen atoms in total. The third kappa shape index (κ3) is 5.16. The number of aliphatic hydroxyl groups is 1. The van der Waals surface area contributed by atoms with E-state index in [1.807, 2.05) is 25.1 Å². The van der Waals surface area contributed by atoms with Crippen molar-refractivity contribution in [3.63, 3.8) is 0 Å². The van der Waals surface area contributed by atoms with E-state index in [1.165, 1.54) is 0 Å². The highest BCUT2D eigenvalue weighted by atomic mass is 17.2. The van der Waals surface area contributed by atoms with E-state index in [-0.39, 0.29) is 42.3 Å². The van der Waals surface area contributed by atoms with Gasteiger partial charge in [-0.25, -0.2) is 4.79 Å². The third-order valence-corrected chi connectivity index (χ3v) is 4.13. The lowest BCUT2D eigenvalue weighted by Gasteiger charge is -2.14. The van der Waals surface area contributed by atoms with Gasteiger partial charge in [0.15, 0.2) is 11.2 Å². The minimum Gasteiger partial charge on any atom is -0.490 e. The lowest BCUT2D eigenvalue weighted by Crippen LogP contribution is -2.24. The molecule has 2 aromatic carbocycles. The summed E-state index contributed by atoms with van der Waals surface area (Å²) in [6.45, 7) is 3.41. The molecule has 0 aliphatic heterocycles. The number of esters is 1. The molecule has 0 saturated heterocycles. The van der Waals surface area contributed by atoms with Crippen LogP contribution in [0.1, 0.15) is 23.0 Å². The number of para-hydroxylation sites is 1. The highest BCUT2D eigenvalue weighted by molar-refractivity contribution is 5.90. The van der Waals surface area contributed by atoms with Crippen LogP contribution in [0.4, 0.5) is 0 Å². The van der Waals surface area contributed by atoms with Crippen LogP contribution >= 0.6 is 0 Å². The van der Waals surface area contributed by atoms with Crippen molar-refractivity contribution in [3.8, 4) is 11.5 Å². The van der Waals surface area contributed by atoms with Crippen molar-refractivity contribution in [2.24, 2.45) is 0 Å². The maximum atomic E-state index is 12.5. The minimum atomic E-state index is -1.00. The Morgan fingerprint density at radius 1 is 1.10 bits per heavy atom. The van der Waals surface area contributed by atoms with Crippen molar-refractivity contribution in [2.45, 2.75) is 20.0 Å². The van der Waals surface area contributed by atoms with Crippen LogP contribution in [0.5, 0.6) is 11.5 Å². The maximum absolute atomic E-state index is 12.5. The zero-order valence-electron chi connectivity index (χ0n) is 16.6. The Labute approximate surface area is 172 Å². The van der Waals surface area contributed by atoms with Crippen LogP contribution in [0.25, 0.3) is 11.0 Å². The maximum Gasteiger partial charge on any atom is 0.374 e. The molecule has 1 atom stereocenters. The predicted octanol–water partition coefficient (Wildman–Crippen LogP) is 3.03. The van der Waals surface area contributed by atoms with Crippen molar-refractivity contribution < 1.29 is 33.6 Å². The fraction of sp³-hybridized carbons (Fsp3) is 0.273. The Kier molecular flexibility index (Phi) is 7.05. The Morgan fingerprint density at radius 2 is 1.87 bits per heavy atom. The molecule has 1 heterocycles. The molecule has 1 N–H and O–H groups in total. The van der Waals surface area contributed by atoms with E-state index in [4.69, 9.17) is 23.7 Å². The molecule has 158 valence electrons. The molecule has 0 amide bonds. The second-order valence-corrected chi connectivity index (χ2v) is 6.42. The van der Waals surface area contributed by atoms with Crippen molar-refractivity contribution in [3.05, 3.63) is 70.1 Å². The lowest BCUT2D eigenvalue weighted by atomic mass is 10.2. The molecule has 1 unspecified atom stereocenters. The molecule has 1 aromatic heterocycles. The van der Waals surface area contributed by atoms with Gasteiger partial charge in [0.05, 0.1) is 6.61 Å². The largest absolute Gasteiger partial charge is 0.490 e. The quantitative estimate of drug-likeness (QED) is 0.324. The summed E-state index contributed by atoms with van der Waals surface area (Å²) in [6, 6.07) is 13.1. The SMILES string of the molecule is CCOC(=O)c1cc(=O)c2c(OCC(O)COOc3ccccc3C)cccc2o1. The molecule has 0 fully saturated rings. The Morgan fingerprint density at radius 3 is 2.63 bits per heavy atom. The zero-order chi connectivity index (χ0) is 21.5. The molecular weight excluding hydrogens is 392 g/mol. The highest BCUT2D eigenvalue weighted by Gasteiger charge is 2.17. The van der Waals surface area contributed by atoms with Crippen molar-refractivity contribution in [1.82, 2.24) is 0 Å². The predicted molar refractivity (Wildman–Crippen MR) is 108 cm³/mol. The summed E-state index contributed by atoms with van der Waals surface area (Å²) in [5.74, 6) is -0.137. The van der Waals surface area contributed by atoms with Gasteiger partial charge in [0.1, 0.15) is 36.0 Å². The van der Waals surface area contributed by atoms with Crippen molar-refractivity contribution in [2.75, 3.05) is 19.8 Å². The number of aryl methyl sites for hydroxylation is 1.